The lowest BCUT2D eigenvalue weighted by Gasteiger charge is -2.20. The van der Waals surface area contributed by atoms with Crippen LogP contribution in [0.15, 0.2) is 0 Å². The fourth-order valence-electron chi connectivity index (χ4n) is 2.01. The highest BCUT2D eigenvalue weighted by molar-refractivity contribution is 5.85. The van der Waals surface area contributed by atoms with Gasteiger partial charge in [-0.15, -0.1) is 12.4 Å². The fourth-order valence-corrected chi connectivity index (χ4v) is 2.01. The quantitative estimate of drug-likeness (QED) is 0.762. The van der Waals surface area contributed by atoms with Crippen molar-refractivity contribution in [1.82, 2.24) is 4.90 Å². The van der Waals surface area contributed by atoms with Crippen LogP contribution in [0.3, 0.4) is 0 Å². The predicted molar refractivity (Wildman–Crippen MR) is 77.5 cm³/mol. The molecule has 1 heterocycles. The summed E-state index contributed by atoms with van der Waals surface area (Å²) >= 11 is 0. The highest BCUT2D eigenvalue weighted by Crippen LogP contribution is 2.15. The van der Waals surface area contributed by atoms with Gasteiger partial charge in [0.1, 0.15) is 0 Å². The summed E-state index contributed by atoms with van der Waals surface area (Å²) < 4.78 is 10.9. The van der Waals surface area contributed by atoms with Gasteiger partial charge in [-0.2, -0.15) is 0 Å². The van der Waals surface area contributed by atoms with Gasteiger partial charge in [0.15, 0.2) is 0 Å². The monoisotopic (exact) mass is 294 g/mol. The number of halogens is 1. The van der Waals surface area contributed by atoms with Crippen LogP contribution in [0.2, 0.25) is 0 Å². The second-order valence-corrected chi connectivity index (χ2v) is 5.28. The van der Waals surface area contributed by atoms with Crippen LogP contribution in [0.4, 0.5) is 0 Å². The molecule has 6 heteroatoms. The average molecular weight is 295 g/mol. The van der Waals surface area contributed by atoms with E-state index in [1.54, 1.807) is 7.11 Å². The molecule has 0 aromatic carbocycles. The van der Waals surface area contributed by atoms with E-state index >= 15 is 0 Å². The Kier molecular flexibility index (Phi) is 9.35. The minimum atomic E-state index is -0.173. The number of nitrogens with two attached hydrogens (primary N) is 1. The molecule has 1 saturated heterocycles. The number of carbonyl (C=O) groups is 1. The topological polar surface area (TPSA) is 64.8 Å². The molecular formula is C13H27ClN2O3. The Morgan fingerprint density at radius 2 is 2.16 bits per heavy atom. The summed E-state index contributed by atoms with van der Waals surface area (Å²) in [4.78, 5) is 13.8. The first-order valence-electron chi connectivity index (χ1n) is 6.69. The maximum atomic E-state index is 12.0. The van der Waals surface area contributed by atoms with E-state index in [0.717, 1.165) is 19.6 Å². The predicted octanol–water partition coefficient (Wildman–Crippen LogP) is 1.05. The molecule has 2 atom stereocenters. The highest BCUT2D eigenvalue weighted by atomic mass is 35.5. The van der Waals surface area contributed by atoms with Crippen molar-refractivity contribution >= 4 is 18.3 Å². The zero-order valence-electron chi connectivity index (χ0n) is 12.1. The van der Waals surface area contributed by atoms with Crippen molar-refractivity contribution in [2.75, 3.05) is 33.4 Å². The summed E-state index contributed by atoms with van der Waals surface area (Å²) in [5, 5.41) is 0. The van der Waals surface area contributed by atoms with Gasteiger partial charge < -0.3 is 20.1 Å². The minimum Gasteiger partial charge on any atom is -0.380 e. The van der Waals surface area contributed by atoms with Crippen molar-refractivity contribution in [2.45, 2.75) is 38.9 Å². The van der Waals surface area contributed by atoms with Crippen LogP contribution in [0.5, 0.6) is 0 Å². The molecule has 0 aromatic heterocycles. The smallest absolute Gasteiger partial charge is 0.225 e. The van der Waals surface area contributed by atoms with Crippen molar-refractivity contribution in [3.05, 3.63) is 0 Å². The van der Waals surface area contributed by atoms with E-state index in [2.05, 4.69) is 13.8 Å². The molecule has 0 bridgehead atoms. The fraction of sp³-hybridized carbons (Fsp3) is 0.923. The van der Waals surface area contributed by atoms with E-state index in [4.69, 9.17) is 15.2 Å². The molecule has 2 unspecified atom stereocenters. The Hall–Kier alpha value is -0.360. The number of hydrogen-bond donors (Lipinski definition) is 1. The van der Waals surface area contributed by atoms with Crippen LogP contribution in [0.1, 0.15) is 26.7 Å². The van der Waals surface area contributed by atoms with Gasteiger partial charge in [-0.05, 0) is 12.3 Å². The van der Waals surface area contributed by atoms with E-state index < -0.39 is 0 Å². The zero-order chi connectivity index (χ0) is 13.5. The van der Waals surface area contributed by atoms with Crippen molar-refractivity contribution in [3.63, 3.8) is 0 Å². The summed E-state index contributed by atoms with van der Waals surface area (Å²) in [7, 11) is 1.59. The van der Waals surface area contributed by atoms with E-state index in [-0.39, 0.29) is 30.5 Å². The van der Waals surface area contributed by atoms with E-state index in [9.17, 15) is 4.79 Å². The third-order valence-electron chi connectivity index (χ3n) is 3.16. The van der Waals surface area contributed by atoms with Crippen LogP contribution in [-0.2, 0) is 14.3 Å². The third kappa shape index (κ3) is 6.56. The molecule has 0 aromatic rings. The summed E-state index contributed by atoms with van der Waals surface area (Å²) in [6.07, 6.45) is 1.31. The normalized spacial score (nSPS) is 20.5. The first-order chi connectivity index (χ1) is 8.56. The molecule has 0 radical (unpaired) electrons. The number of likely N-dealkylation sites (tertiary alicyclic amines) is 1. The van der Waals surface area contributed by atoms with Gasteiger partial charge in [0.25, 0.3) is 0 Å². The first kappa shape index (κ1) is 18.6. The lowest BCUT2D eigenvalue weighted by molar-refractivity contribution is -0.133. The molecule has 0 spiro atoms. The Balaban J connectivity index is 0.00000324. The largest absolute Gasteiger partial charge is 0.380 e. The number of nitrogens with zero attached hydrogens (tertiary/aromatic N) is 1. The van der Waals surface area contributed by atoms with Crippen LogP contribution in [0, 0.1) is 5.92 Å². The van der Waals surface area contributed by atoms with Gasteiger partial charge in [-0.25, -0.2) is 0 Å². The molecule has 1 aliphatic rings. The third-order valence-corrected chi connectivity index (χ3v) is 3.16. The van der Waals surface area contributed by atoms with Gasteiger partial charge in [0, 0.05) is 33.4 Å². The maximum absolute atomic E-state index is 12.0. The second-order valence-electron chi connectivity index (χ2n) is 5.28. The summed E-state index contributed by atoms with van der Waals surface area (Å²) in [5.41, 5.74) is 5.52. The van der Waals surface area contributed by atoms with Crippen molar-refractivity contribution in [3.8, 4) is 0 Å². The summed E-state index contributed by atoms with van der Waals surface area (Å²) in [6.45, 7) is 6.87. The summed E-state index contributed by atoms with van der Waals surface area (Å²) in [6, 6.07) is 0. The van der Waals surface area contributed by atoms with Crippen LogP contribution >= 0.6 is 12.4 Å². The van der Waals surface area contributed by atoms with Crippen molar-refractivity contribution in [2.24, 2.45) is 11.7 Å². The molecule has 1 fully saturated rings. The number of methoxy groups -OCH3 is 1. The van der Waals surface area contributed by atoms with Gasteiger partial charge in [0.2, 0.25) is 5.91 Å². The second kappa shape index (κ2) is 9.53. The molecule has 0 aliphatic carbocycles. The Bertz CT molecular complexity index is 260. The van der Waals surface area contributed by atoms with Crippen LogP contribution in [-0.4, -0.2) is 56.4 Å². The maximum Gasteiger partial charge on any atom is 0.225 e. The van der Waals surface area contributed by atoms with Gasteiger partial charge in [-0.1, -0.05) is 13.8 Å². The van der Waals surface area contributed by atoms with Gasteiger partial charge in [-0.3, -0.25) is 4.79 Å². The molecule has 1 aliphatic heterocycles. The molecule has 114 valence electrons. The average Bonchev–Trinajstić information content (AvgIpc) is 2.82. The molecule has 5 nitrogen and oxygen atoms in total. The molecule has 19 heavy (non-hydrogen) atoms. The molecule has 2 N–H and O–H groups in total. The molecule has 0 saturated carbocycles. The van der Waals surface area contributed by atoms with E-state index in [1.165, 1.54) is 0 Å². The lowest BCUT2D eigenvalue weighted by Crippen LogP contribution is -2.35. The van der Waals surface area contributed by atoms with Crippen LogP contribution in [0.25, 0.3) is 0 Å². The zero-order valence-corrected chi connectivity index (χ0v) is 12.9. The van der Waals surface area contributed by atoms with E-state index in [1.807, 2.05) is 4.90 Å². The van der Waals surface area contributed by atoms with Gasteiger partial charge in [0.05, 0.1) is 18.6 Å². The highest BCUT2D eigenvalue weighted by Gasteiger charge is 2.27. The Morgan fingerprint density at radius 3 is 2.68 bits per heavy atom. The SMILES string of the molecule is COC(CN)CC(=O)N1CCC(OCC(C)C)C1.Cl. The number of hydrogen-bond acceptors (Lipinski definition) is 4. The first-order valence-corrected chi connectivity index (χ1v) is 6.69. The summed E-state index contributed by atoms with van der Waals surface area (Å²) in [5.74, 6) is 0.646. The molecule has 1 amide bonds. The standard InChI is InChI=1S/C13H26N2O3.ClH/c1-10(2)9-18-11-4-5-15(8-11)13(16)6-12(7-14)17-3;/h10-12H,4-9,14H2,1-3H3;1H. The molecular weight excluding hydrogens is 268 g/mol. The number of ether oxygens (including phenoxy) is 2. The minimum absolute atomic E-state index is 0. The number of carbonyl (C=O) groups excluding carboxylic acids is 1. The Labute approximate surface area is 122 Å². The van der Waals surface area contributed by atoms with Crippen molar-refractivity contribution in [1.29, 1.82) is 0 Å². The van der Waals surface area contributed by atoms with Crippen LogP contribution < -0.4 is 5.73 Å². The van der Waals surface area contributed by atoms with E-state index in [0.29, 0.717) is 25.4 Å². The number of rotatable bonds is 7. The van der Waals surface area contributed by atoms with Crippen molar-refractivity contribution < 1.29 is 14.3 Å². The lowest BCUT2D eigenvalue weighted by atomic mass is 10.2. The Morgan fingerprint density at radius 1 is 1.47 bits per heavy atom. The molecule has 1 rings (SSSR count). The van der Waals surface area contributed by atoms with Gasteiger partial charge >= 0.3 is 0 Å². The number of amides is 1.